The van der Waals surface area contributed by atoms with Crippen molar-refractivity contribution in [2.75, 3.05) is 12.4 Å². The summed E-state index contributed by atoms with van der Waals surface area (Å²) in [6.45, 7) is 1.86. The molecule has 0 saturated carbocycles. The van der Waals surface area contributed by atoms with Crippen LogP contribution in [0.1, 0.15) is 26.4 Å². The number of hydrogen-bond acceptors (Lipinski definition) is 5. The van der Waals surface area contributed by atoms with E-state index < -0.39 is 5.97 Å². The molecule has 0 atom stereocenters. The number of methoxy groups -OCH3 is 1. The average molecular weight is 326 g/mol. The van der Waals surface area contributed by atoms with Crippen LogP contribution < -0.4 is 5.32 Å². The summed E-state index contributed by atoms with van der Waals surface area (Å²) in [6.07, 6.45) is 0. The van der Waals surface area contributed by atoms with Crippen LogP contribution in [0.4, 0.5) is 5.69 Å². The summed E-state index contributed by atoms with van der Waals surface area (Å²) < 4.78 is 9.89. The molecule has 5 nitrogen and oxygen atoms in total. The lowest BCUT2D eigenvalue weighted by molar-refractivity contribution is 0.0600. The zero-order valence-corrected chi connectivity index (χ0v) is 13.4. The number of hydrogen-bond donors (Lipinski definition) is 1. The first-order valence-corrected chi connectivity index (χ1v) is 7.72. The van der Waals surface area contributed by atoms with E-state index in [4.69, 9.17) is 4.74 Å². The number of anilines is 1. The minimum atomic E-state index is -0.445. The molecular weight excluding hydrogens is 312 g/mol. The van der Waals surface area contributed by atoms with Crippen LogP contribution in [0.3, 0.4) is 0 Å². The second-order valence-electron chi connectivity index (χ2n) is 5.00. The fourth-order valence-corrected chi connectivity index (χ4v) is 3.01. The van der Waals surface area contributed by atoms with Crippen molar-refractivity contribution in [2.45, 2.75) is 6.92 Å². The van der Waals surface area contributed by atoms with E-state index in [1.54, 1.807) is 18.2 Å². The molecule has 1 amide bonds. The van der Waals surface area contributed by atoms with Crippen molar-refractivity contribution >= 4 is 39.2 Å². The number of nitrogens with zero attached hydrogens (tertiary/aromatic N) is 1. The molecule has 3 aromatic rings. The molecule has 2 aromatic carbocycles. The van der Waals surface area contributed by atoms with Crippen molar-refractivity contribution in [2.24, 2.45) is 0 Å². The van der Waals surface area contributed by atoms with Gasteiger partial charge in [-0.2, -0.15) is 4.37 Å². The number of carbonyl (C=O) groups is 2. The second-order valence-corrected chi connectivity index (χ2v) is 5.81. The van der Waals surface area contributed by atoms with Gasteiger partial charge in [-0.15, -0.1) is 0 Å². The fraction of sp³-hybridized carbons (Fsp3) is 0.118. The first-order chi connectivity index (χ1) is 11.1. The van der Waals surface area contributed by atoms with Crippen LogP contribution in [0.2, 0.25) is 0 Å². The molecule has 3 rings (SSSR count). The quantitative estimate of drug-likeness (QED) is 0.746. The van der Waals surface area contributed by atoms with Gasteiger partial charge in [-0.3, -0.25) is 4.79 Å². The van der Waals surface area contributed by atoms with E-state index >= 15 is 0 Å². The Morgan fingerprint density at radius 1 is 1.17 bits per heavy atom. The van der Waals surface area contributed by atoms with E-state index in [1.165, 1.54) is 18.6 Å². The van der Waals surface area contributed by atoms with Gasteiger partial charge in [0.15, 0.2) is 0 Å². The Morgan fingerprint density at radius 2 is 1.96 bits per heavy atom. The van der Waals surface area contributed by atoms with Gasteiger partial charge >= 0.3 is 5.97 Å². The van der Waals surface area contributed by atoms with Crippen molar-refractivity contribution in [3.63, 3.8) is 0 Å². The monoisotopic (exact) mass is 326 g/mol. The molecule has 0 aliphatic carbocycles. The predicted molar refractivity (Wildman–Crippen MR) is 90.1 cm³/mol. The van der Waals surface area contributed by atoms with E-state index in [1.807, 2.05) is 31.2 Å². The number of aryl methyl sites for hydroxylation is 1. The summed E-state index contributed by atoms with van der Waals surface area (Å²) in [6, 6.07) is 12.6. The van der Waals surface area contributed by atoms with Gasteiger partial charge in [0.25, 0.3) is 5.91 Å². The molecule has 116 valence electrons. The van der Waals surface area contributed by atoms with Crippen molar-refractivity contribution < 1.29 is 14.3 Å². The zero-order chi connectivity index (χ0) is 16.4. The van der Waals surface area contributed by atoms with E-state index in [9.17, 15) is 9.59 Å². The molecule has 0 radical (unpaired) electrons. The van der Waals surface area contributed by atoms with E-state index in [-0.39, 0.29) is 5.91 Å². The first kappa shape index (κ1) is 15.2. The van der Waals surface area contributed by atoms with Crippen molar-refractivity contribution in [3.05, 3.63) is 59.3 Å². The first-order valence-electron chi connectivity index (χ1n) is 6.95. The molecule has 1 aromatic heterocycles. The Hall–Kier alpha value is -2.73. The Morgan fingerprint density at radius 3 is 2.74 bits per heavy atom. The molecule has 0 unspecified atom stereocenters. The SMILES string of the molecule is COC(=O)c1ccc(C)c(NC(=O)c2nsc3ccccc23)c1. The highest BCUT2D eigenvalue weighted by molar-refractivity contribution is 7.13. The number of fused-ring (bicyclic) bond motifs is 1. The third kappa shape index (κ3) is 2.93. The third-order valence-electron chi connectivity index (χ3n) is 3.50. The molecule has 0 aliphatic rings. The Labute approximate surface area is 137 Å². The van der Waals surface area contributed by atoms with Gasteiger partial charge in [0, 0.05) is 11.1 Å². The Bertz CT molecular complexity index is 902. The number of rotatable bonds is 3. The fourth-order valence-electron chi connectivity index (χ4n) is 2.23. The van der Waals surface area contributed by atoms with Gasteiger partial charge in [-0.25, -0.2) is 4.79 Å². The summed E-state index contributed by atoms with van der Waals surface area (Å²) in [4.78, 5) is 24.1. The molecular formula is C17H14N2O3S. The van der Waals surface area contributed by atoms with Gasteiger partial charge in [-0.1, -0.05) is 24.3 Å². The Kier molecular flexibility index (Phi) is 4.08. The highest BCUT2D eigenvalue weighted by Crippen LogP contribution is 2.24. The van der Waals surface area contributed by atoms with Gasteiger partial charge < -0.3 is 10.1 Å². The largest absolute Gasteiger partial charge is 0.465 e. The topological polar surface area (TPSA) is 68.3 Å². The summed E-state index contributed by atoms with van der Waals surface area (Å²) >= 11 is 1.28. The summed E-state index contributed by atoms with van der Waals surface area (Å²) in [7, 11) is 1.32. The maximum atomic E-state index is 12.5. The van der Waals surface area contributed by atoms with E-state index in [2.05, 4.69) is 9.69 Å². The number of esters is 1. The highest BCUT2D eigenvalue weighted by atomic mass is 32.1. The summed E-state index contributed by atoms with van der Waals surface area (Å²) in [5.41, 5.74) is 2.19. The minimum absolute atomic E-state index is 0.299. The maximum absolute atomic E-state index is 12.5. The highest BCUT2D eigenvalue weighted by Gasteiger charge is 2.16. The molecule has 1 heterocycles. The van der Waals surface area contributed by atoms with Crippen LogP contribution in [0.15, 0.2) is 42.5 Å². The van der Waals surface area contributed by atoms with Gasteiger partial charge in [0.05, 0.1) is 17.4 Å². The molecule has 0 fully saturated rings. The zero-order valence-electron chi connectivity index (χ0n) is 12.6. The number of nitrogens with one attached hydrogen (secondary N) is 1. The van der Waals surface area contributed by atoms with Crippen LogP contribution in [-0.2, 0) is 4.74 Å². The van der Waals surface area contributed by atoms with Gasteiger partial charge in [0.2, 0.25) is 0 Å². The average Bonchev–Trinajstić information content (AvgIpc) is 3.00. The normalized spacial score (nSPS) is 10.5. The molecule has 0 saturated heterocycles. The predicted octanol–water partition coefficient (Wildman–Crippen LogP) is 3.64. The standard InChI is InChI=1S/C17H14N2O3S/c1-10-7-8-11(17(21)22-2)9-13(10)18-16(20)15-12-5-3-4-6-14(12)23-19-15/h3-9H,1-2H3,(H,18,20). The van der Waals surface area contributed by atoms with E-state index in [0.717, 1.165) is 15.6 Å². The second kappa shape index (κ2) is 6.18. The van der Waals surface area contributed by atoms with Gasteiger partial charge in [-0.05, 0) is 42.2 Å². The molecule has 0 aliphatic heterocycles. The number of benzene rings is 2. The van der Waals surface area contributed by atoms with Crippen LogP contribution >= 0.6 is 11.5 Å². The lowest BCUT2D eigenvalue weighted by Gasteiger charge is -2.09. The molecule has 1 N–H and O–H groups in total. The van der Waals surface area contributed by atoms with Crippen molar-refractivity contribution in [1.82, 2.24) is 4.37 Å². The van der Waals surface area contributed by atoms with Crippen molar-refractivity contribution in [1.29, 1.82) is 0 Å². The van der Waals surface area contributed by atoms with Crippen LogP contribution in [0.5, 0.6) is 0 Å². The van der Waals surface area contributed by atoms with Gasteiger partial charge in [0.1, 0.15) is 5.69 Å². The van der Waals surface area contributed by atoms with Crippen LogP contribution in [0.25, 0.3) is 10.1 Å². The third-order valence-corrected chi connectivity index (χ3v) is 4.33. The molecule has 0 spiro atoms. The van der Waals surface area contributed by atoms with E-state index in [0.29, 0.717) is 16.9 Å². The van der Waals surface area contributed by atoms with Crippen LogP contribution in [-0.4, -0.2) is 23.4 Å². The molecule has 6 heteroatoms. The minimum Gasteiger partial charge on any atom is -0.465 e. The lowest BCUT2D eigenvalue weighted by atomic mass is 10.1. The smallest absolute Gasteiger partial charge is 0.337 e. The number of ether oxygens (including phenoxy) is 1. The lowest BCUT2D eigenvalue weighted by Crippen LogP contribution is -2.14. The Balaban J connectivity index is 1.92. The van der Waals surface area contributed by atoms with Crippen LogP contribution in [0, 0.1) is 6.92 Å². The number of amides is 1. The molecule has 23 heavy (non-hydrogen) atoms. The maximum Gasteiger partial charge on any atom is 0.337 e. The summed E-state index contributed by atoms with van der Waals surface area (Å²) in [5, 5.41) is 3.64. The molecule has 0 bridgehead atoms. The van der Waals surface area contributed by atoms with Crippen molar-refractivity contribution in [3.8, 4) is 0 Å². The summed E-state index contributed by atoms with van der Waals surface area (Å²) in [5.74, 6) is -0.743. The number of aromatic nitrogens is 1. The number of carbonyl (C=O) groups excluding carboxylic acids is 2.